The third-order valence-corrected chi connectivity index (χ3v) is 3.85. The normalized spacial score (nSPS) is 10.9. The molecule has 5 nitrogen and oxygen atoms in total. The van der Waals surface area contributed by atoms with Gasteiger partial charge in [-0.2, -0.15) is 5.10 Å². The molecular formula is C14H15N5S. The molecule has 1 N–H and O–H groups in total. The first-order valence-electron chi connectivity index (χ1n) is 6.24. The molecule has 1 aromatic carbocycles. The first kappa shape index (κ1) is 12.9. The van der Waals surface area contributed by atoms with E-state index in [9.17, 15) is 0 Å². The van der Waals surface area contributed by atoms with Crippen molar-refractivity contribution < 1.29 is 0 Å². The van der Waals surface area contributed by atoms with E-state index < -0.39 is 0 Å². The number of aryl methyl sites for hydroxylation is 2. The van der Waals surface area contributed by atoms with Gasteiger partial charge in [-0.25, -0.2) is 9.97 Å². The maximum atomic E-state index is 4.40. The van der Waals surface area contributed by atoms with Crippen molar-refractivity contribution in [3.05, 3.63) is 36.3 Å². The number of aromatic nitrogens is 4. The van der Waals surface area contributed by atoms with Crippen LogP contribution in [0.5, 0.6) is 0 Å². The van der Waals surface area contributed by atoms with E-state index in [0.717, 1.165) is 28.2 Å². The lowest BCUT2D eigenvalue weighted by Gasteiger charge is -2.08. The number of rotatable bonds is 3. The van der Waals surface area contributed by atoms with Gasteiger partial charge in [0.25, 0.3) is 0 Å². The van der Waals surface area contributed by atoms with Gasteiger partial charge in [-0.15, -0.1) is 11.8 Å². The minimum Gasteiger partial charge on any atom is -0.339 e. The summed E-state index contributed by atoms with van der Waals surface area (Å²) in [5, 5.41) is 8.72. The molecule has 6 heteroatoms. The van der Waals surface area contributed by atoms with Crippen LogP contribution < -0.4 is 5.32 Å². The molecule has 0 unspecified atom stereocenters. The lowest BCUT2D eigenvalue weighted by Crippen LogP contribution is -1.97. The molecule has 0 spiro atoms. The van der Waals surface area contributed by atoms with Gasteiger partial charge in [-0.05, 0) is 31.4 Å². The van der Waals surface area contributed by atoms with Crippen molar-refractivity contribution in [3.8, 4) is 0 Å². The fourth-order valence-corrected chi connectivity index (χ4v) is 2.67. The van der Waals surface area contributed by atoms with Crippen molar-refractivity contribution >= 4 is 34.3 Å². The number of hydrogen-bond acceptors (Lipinski definition) is 5. The number of hydrogen-bond donors (Lipinski definition) is 1. The van der Waals surface area contributed by atoms with E-state index in [0.29, 0.717) is 0 Å². The van der Waals surface area contributed by atoms with E-state index in [2.05, 4.69) is 38.8 Å². The molecule has 0 saturated carbocycles. The molecule has 0 amide bonds. The zero-order valence-electron chi connectivity index (χ0n) is 11.6. The summed E-state index contributed by atoms with van der Waals surface area (Å²) in [5.41, 5.74) is 2.77. The van der Waals surface area contributed by atoms with Crippen LogP contribution in [0, 0.1) is 6.92 Å². The number of thioether (sulfide) groups is 1. The highest BCUT2D eigenvalue weighted by atomic mass is 32.2. The van der Waals surface area contributed by atoms with E-state index in [4.69, 9.17) is 0 Å². The van der Waals surface area contributed by atoms with Crippen molar-refractivity contribution in [1.29, 1.82) is 0 Å². The highest BCUT2D eigenvalue weighted by Crippen LogP contribution is 2.27. The summed E-state index contributed by atoms with van der Waals surface area (Å²) in [6, 6.07) is 8.24. The Bertz CT molecular complexity index is 765. The topological polar surface area (TPSA) is 55.6 Å². The minimum absolute atomic E-state index is 0.791. The monoisotopic (exact) mass is 285 g/mol. The van der Waals surface area contributed by atoms with Gasteiger partial charge >= 0.3 is 0 Å². The fraction of sp³-hybridized carbons (Fsp3) is 0.214. The molecule has 0 aliphatic rings. The van der Waals surface area contributed by atoms with Crippen LogP contribution in [0.2, 0.25) is 0 Å². The van der Waals surface area contributed by atoms with E-state index in [1.807, 2.05) is 26.1 Å². The second-order valence-corrected chi connectivity index (χ2v) is 5.37. The largest absolute Gasteiger partial charge is 0.339 e. The summed E-state index contributed by atoms with van der Waals surface area (Å²) >= 11 is 1.72. The molecule has 20 heavy (non-hydrogen) atoms. The first-order valence-corrected chi connectivity index (χ1v) is 7.47. The molecule has 3 aromatic rings. The zero-order chi connectivity index (χ0) is 14.1. The molecule has 102 valence electrons. The summed E-state index contributed by atoms with van der Waals surface area (Å²) in [6.45, 7) is 1.97. The van der Waals surface area contributed by atoms with Crippen molar-refractivity contribution in [2.45, 2.75) is 11.8 Å². The van der Waals surface area contributed by atoms with Gasteiger partial charge < -0.3 is 5.32 Å². The van der Waals surface area contributed by atoms with Crippen LogP contribution in [0.15, 0.2) is 35.5 Å². The van der Waals surface area contributed by atoms with Crippen molar-refractivity contribution in [3.63, 3.8) is 0 Å². The Labute approximate surface area is 121 Å². The van der Waals surface area contributed by atoms with Crippen molar-refractivity contribution in [2.24, 2.45) is 7.05 Å². The summed E-state index contributed by atoms with van der Waals surface area (Å²) in [4.78, 5) is 9.84. The average molecular weight is 285 g/mol. The summed E-state index contributed by atoms with van der Waals surface area (Å²) in [6.07, 6.45) is 3.62. The number of anilines is 2. The van der Waals surface area contributed by atoms with Gasteiger partial charge in [0, 0.05) is 17.6 Å². The standard InChI is InChI=1S/C14H15N5S/c1-9-12-13(15-8-16-14(12)19(2)18-9)17-10-5-4-6-11(7-10)20-3/h4-8H,1-3H3,(H,15,16,17). The SMILES string of the molecule is CSc1cccc(Nc2ncnc3c2c(C)nn3C)c1. The van der Waals surface area contributed by atoms with Gasteiger partial charge in [0.2, 0.25) is 0 Å². The highest BCUT2D eigenvalue weighted by Gasteiger charge is 2.12. The molecule has 2 heterocycles. The van der Waals surface area contributed by atoms with Crippen LogP contribution in [-0.2, 0) is 7.05 Å². The third kappa shape index (κ3) is 2.22. The first-order chi connectivity index (χ1) is 9.69. The Morgan fingerprint density at radius 2 is 2.10 bits per heavy atom. The summed E-state index contributed by atoms with van der Waals surface area (Å²) < 4.78 is 1.77. The Kier molecular flexibility index (Phi) is 3.31. The Hall–Kier alpha value is -2.08. The van der Waals surface area contributed by atoms with Gasteiger partial charge in [0.05, 0.1) is 11.1 Å². The number of fused-ring (bicyclic) bond motifs is 1. The fourth-order valence-electron chi connectivity index (χ4n) is 2.21. The van der Waals surface area contributed by atoms with Crippen LogP contribution in [0.3, 0.4) is 0 Å². The van der Waals surface area contributed by atoms with Gasteiger partial charge in [0.1, 0.15) is 12.1 Å². The maximum absolute atomic E-state index is 4.40. The molecule has 0 saturated heterocycles. The predicted molar refractivity (Wildman–Crippen MR) is 82.5 cm³/mol. The molecule has 2 aromatic heterocycles. The third-order valence-electron chi connectivity index (χ3n) is 3.13. The van der Waals surface area contributed by atoms with E-state index in [-0.39, 0.29) is 0 Å². The van der Waals surface area contributed by atoms with Crippen LogP contribution in [0.4, 0.5) is 11.5 Å². The summed E-state index contributed by atoms with van der Waals surface area (Å²) in [7, 11) is 1.89. The number of benzene rings is 1. The smallest absolute Gasteiger partial charge is 0.163 e. The Balaban J connectivity index is 2.06. The van der Waals surface area contributed by atoms with E-state index in [1.54, 1.807) is 22.8 Å². The van der Waals surface area contributed by atoms with Crippen LogP contribution >= 0.6 is 11.8 Å². The van der Waals surface area contributed by atoms with Gasteiger partial charge in [-0.1, -0.05) is 6.07 Å². The lowest BCUT2D eigenvalue weighted by molar-refractivity contribution is 0.773. The van der Waals surface area contributed by atoms with E-state index >= 15 is 0 Å². The molecule has 0 aliphatic heterocycles. The van der Waals surface area contributed by atoms with Gasteiger partial charge in [-0.3, -0.25) is 4.68 Å². The highest BCUT2D eigenvalue weighted by molar-refractivity contribution is 7.98. The quantitative estimate of drug-likeness (QED) is 0.749. The molecule has 0 fully saturated rings. The van der Waals surface area contributed by atoms with Crippen LogP contribution in [-0.4, -0.2) is 26.0 Å². The van der Waals surface area contributed by atoms with E-state index in [1.165, 1.54) is 4.90 Å². The van der Waals surface area contributed by atoms with Crippen molar-refractivity contribution in [2.75, 3.05) is 11.6 Å². The molecular weight excluding hydrogens is 270 g/mol. The number of nitrogens with one attached hydrogen (secondary N) is 1. The lowest BCUT2D eigenvalue weighted by atomic mass is 10.2. The molecule has 0 aliphatic carbocycles. The molecule has 3 rings (SSSR count). The van der Waals surface area contributed by atoms with Gasteiger partial charge in [0.15, 0.2) is 5.65 Å². The zero-order valence-corrected chi connectivity index (χ0v) is 12.4. The second-order valence-electron chi connectivity index (χ2n) is 4.49. The maximum Gasteiger partial charge on any atom is 0.163 e. The Morgan fingerprint density at radius 1 is 1.25 bits per heavy atom. The van der Waals surface area contributed by atoms with Crippen LogP contribution in [0.25, 0.3) is 11.0 Å². The number of nitrogens with zero attached hydrogens (tertiary/aromatic N) is 4. The average Bonchev–Trinajstić information content (AvgIpc) is 2.75. The van der Waals surface area contributed by atoms with Crippen molar-refractivity contribution in [1.82, 2.24) is 19.7 Å². The minimum atomic E-state index is 0.791. The predicted octanol–water partition coefficient (Wildman–Crippen LogP) is 3.14. The van der Waals surface area contributed by atoms with Crippen LogP contribution in [0.1, 0.15) is 5.69 Å². The Morgan fingerprint density at radius 3 is 2.90 bits per heavy atom. The second kappa shape index (κ2) is 5.13. The molecule has 0 radical (unpaired) electrons. The molecule has 0 atom stereocenters. The molecule has 0 bridgehead atoms. The summed E-state index contributed by atoms with van der Waals surface area (Å²) in [5.74, 6) is 0.791.